The zero-order chi connectivity index (χ0) is 23.1. The van der Waals surface area contributed by atoms with Crippen LogP contribution in [0.15, 0.2) is 53.9 Å². The number of thiazole rings is 1. The van der Waals surface area contributed by atoms with Gasteiger partial charge in [-0.05, 0) is 62.7 Å². The second-order valence-electron chi connectivity index (χ2n) is 7.36. The molecule has 3 aromatic rings. The Kier molecular flexibility index (Phi) is 8.03. The van der Waals surface area contributed by atoms with Crippen molar-refractivity contribution in [2.75, 3.05) is 5.32 Å². The summed E-state index contributed by atoms with van der Waals surface area (Å²) in [7, 11) is 0. The summed E-state index contributed by atoms with van der Waals surface area (Å²) >= 11 is 7.77. The van der Waals surface area contributed by atoms with Crippen molar-refractivity contribution in [3.05, 3.63) is 80.8 Å². The number of carbonyl (C=O) groups excluding carboxylic acids is 2. The Morgan fingerprint density at radius 1 is 1.22 bits per heavy atom. The van der Waals surface area contributed by atoms with E-state index in [4.69, 9.17) is 16.3 Å². The van der Waals surface area contributed by atoms with Gasteiger partial charge in [0.1, 0.15) is 12.4 Å². The number of carbonyl (C=O) groups is 2. The summed E-state index contributed by atoms with van der Waals surface area (Å²) < 4.78 is 5.78. The highest BCUT2D eigenvalue weighted by atomic mass is 35.5. The van der Waals surface area contributed by atoms with Crippen molar-refractivity contribution in [3.63, 3.8) is 0 Å². The maximum Gasteiger partial charge on any atom is 0.251 e. The number of hydrogen-bond donors (Lipinski definition) is 2. The molecule has 0 aliphatic heterocycles. The lowest BCUT2D eigenvalue weighted by molar-refractivity contribution is -0.111. The monoisotopic (exact) mass is 469 g/mol. The van der Waals surface area contributed by atoms with Gasteiger partial charge in [0.15, 0.2) is 0 Å². The second kappa shape index (κ2) is 10.9. The molecule has 0 spiro atoms. The van der Waals surface area contributed by atoms with E-state index in [2.05, 4.69) is 15.6 Å². The molecule has 0 aliphatic rings. The fraction of sp³-hybridized carbons (Fsp3) is 0.208. The first-order valence-electron chi connectivity index (χ1n) is 10.0. The van der Waals surface area contributed by atoms with E-state index < -0.39 is 0 Å². The van der Waals surface area contributed by atoms with Crippen molar-refractivity contribution < 1.29 is 14.3 Å². The molecule has 3 rings (SSSR count). The fourth-order valence-corrected chi connectivity index (χ4v) is 3.56. The molecule has 0 radical (unpaired) electrons. The summed E-state index contributed by atoms with van der Waals surface area (Å²) in [5.41, 5.74) is 2.48. The predicted octanol–water partition coefficient (Wildman–Crippen LogP) is 5.47. The Morgan fingerprint density at radius 3 is 2.75 bits per heavy atom. The van der Waals surface area contributed by atoms with Crippen LogP contribution in [-0.4, -0.2) is 22.8 Å². The van der Waals surface area contributed by atoms with Gasteiger partial charge in [0.2, 0.25) is 5.91 Å². The highest BCUT2D eigenvalue weighted by Crippen LogP contribution is 2.23. The van der Waals surface area contributed by atoms with E-state index >= 15 is 0 Å². The van der Waals surface area contributed by atoms with Crippen molar-refractivity contribution in [1.82, 2.24) is 10.3 Å². The third kappa shape index (κ3) is 6.93. The summed E-state index contributed by atoms with van der Waals surface area (Å²) in [5.74, 6) is 0.0926. The van der Waals surface area contributed by atoms with Gasteiger partial charge in [-0.1, -0.05) is 23.7 Å². The lowest BCUT2D eigenvalue weighted by atomic mass is 10.1. The number of benzene rings is 2. The van der Waals surface area contributed by atoms with Crippen molar-refractivity contribution in [2.24, 2.45) is 0 Å². The SMILES string of the molecule is Cc1nc(COc2cccc(/C=C/C(=O)Nc3cc(C(=O)NC(C)C)ccc3Cl)c2)cs1. The van der Waals surface area contributed by atoms with Gasteiger partial charge in [0.05, 0.1) is 21.4 Å². The lowest BCUT2D eigenvalue weighted by Gasteiger charge is -2.11. The van der Waals surface area contributed by atoms with Crippen LogP contribution in [0.2, 0.25) is 5.02 Å². The molecule has 32 heavy (non-hydrogen) atoms. The summed E-state index contributed by atoms with van der Waals surface area (Å²) in [6.07, 6.45) is 3.08. The topological polar surface area (TPSA) is 80.3 Å². The number of amides is 2. The Bertz CT molecular complexity index is 1140. The predicted molar refractivity (Wildman–Crippen MR) is 129 cm³/mol. The standard InChI is InChI=1S/C24H24ClN3O3S/c1-15(2)26-24(30)18-8-9-21(25)22(12-18)28-23(29)10-7-17-5-4-6-20(11-17)31-13-19-14-32-16(3)27-19/h4-12,14-15H,13H2,1-3H3,(H,26,30)(H,28,29)/b10-7+. The van der Waals surface area contributed by atoms with Crippen LogP contribution < -0.4 is 15.4 Å². The molecular formula is C24H24ClN3O3S. The molecule has 8 heteroatoms. The van der Waals surface area contributed by atoms with Gasteiger partial charge in [0.25, 0.3) is 5.91 Å². The minimum Gasteiger partial charge on any atom is -0.487 e. The molecule has 1 aromatic heterocycles. The van der Waals surface area contributed by atoms with Gasteiger partial charge >= 0.3 is 0 Å². The van der Waals surface area contributed by atoms with Crippen molar-refractivity contribution in [1.29, 1.82) is 0 Å². The number of halogens is 1. The molecule has 2 amide bonds. The summed E-state index contributed by atoms with van der Waals surface area (Å²) in [6, 6.07) is 12.2. The zero-order valence-corrected chi connectivity index (χ0v) is 19.6. The first kappa shape index (κ1) is 23.5. The number of ether oxygens (including phenoxy) is 1. The Morgan fingerprint density at radius 2 is 2.03 bits per heavy atom. The largest absolute Gasteiger partial charge is 0.487 e. The molecule has 6 nitrogen and oxygen atoms in total. The Balaban J connectivity index is 1.62. The molecule has 0 saturated heterocycles. The molecule has 0 bridgehead atoms. The number of nitrogens with zero attached hydrogens (tertiary/aromatic N) is 1. The third-order valence-electron chi connectivity index (χ3n) is 4.24. The molecule has 166 valence electrons. The number of anilines is 1. The van der Waals surface area contributed by atoms with Crippen LogP contribution in [0, 0.1) is 6.92 Å². The third-order valence-corrected chi connectivity index (χ3v) is 5.40. The van der Waals surface area contributed by atoms with Crippen LogP contribution in [0.25, 0.3) is 6.08 Å². The van der Waals surface area contributed by atoms with Crippen LogP contribution in [0.5, 0.6) is 5.75 Å². The minimum atomic E-state index is -0.363. The summed E-state index contributed by atoms with van der Waals surface area (Å²) in [4.78, 5) is 29.0. The highest BCUT2D eigenvalue weighted by molar-refractivity contribution is 7.09. The number of rotatable bonds is 8. The van der Waals surface area contributed by atoms with Crippen molar-refractivity contribution in [2.45, 2.75) is 33.4 Å². The number of aryl methyl sites for hydroxylation is 1. The summed E-state index contributed by atoms with van der Waals surface area (Å²) in [5, 5.41) is 8.84. The van der Waals surface area contributed by atoms with Crippen molar-refractivity contribution in [3.8, 4) is 5.75 Å². The molecular weight excluding hydrogens is 446 g/mol. The first-order chi connectivity index (χ1) is 15.3. The Labute approximate surface area is 196 Å². The average molecular weight is 470 g/mol. The molecule has 0 saturated carbocycles. The van der Waals surface area contributed by atoms with E-state index in [9.17, 15) is 9.59 Å². The van der Waals surface area contributed by atoms with Crippen LogP contribution >= 0.6 is 22.9 Å². The molecule has 2 aromatic carbocycles. The van der Waals surface area contributed by atoms with E-state index in [0.717, 1.165) is 16.3 Å². The zero-order valence-electron chi connectivity index (χ0n) is 18.0. The van der Waals surface area contributed by atoms with Gasteiger partial charge in [-0.2, -0.15) is 0 Å². The van der Waals surface area contributed by atoms with Crippen LogP contribution in [0.4, 0.5) is 5.69 Å². The molecule has 1 heterocycles. The van der Waals surface area contributed by atoms with E-state index in [0.29, 0.717) is 28.6 Å². The van der Waals surface area contributed by atoms with E-state index in [1.807, 2.05) is 50.4 Å². The molecule has 2 N–H and O–H groups in total. The van der Waals surface area contributed by atoms with Gasteiger partial charge < -0.3 is 15.4 Å². The van der Waals surface area contributed by atoms with Crippen LogP contribution in [0.3, 0.4) is 0 Å². The van der Waals surface area contributed by atoms with E-state index in [-0.39, 0.29) is 17.9 Å². The minimum absolute atomic E-state index is 0.00418. The molecule has 0 unspecified atom stereocenters. The lowest BCUT2D eigenvalue weighted by Crippen LogP contribution is -2.30. The number of nitrogens with one attached hydrogen (secondary N) is 2. The maximum atomic E-state index is 12.4. The van der Waals surface area contributed by atoms with Gasteiger partial charge in [-0.25, -0.2) is 4.98 Å². The normalized spacial score (nSPS) is 11.0. The Hall–Kier alpha value is -3.16. The maximum absolute atomic E-state index is 12.4. The van der Waals surface area contributed by atoms with Crippen LogP contribution in [0.1, 0.15) is 40.5 Å². The van der Waals surface area contributed by atoms with Crippen molar-refractivity contribution >= 4 is 46.5 Å². The number of aromatic nitrogens is 1. The quantitative estimate of drug-likeness (QED) is 0.428. The van der Waals surface area contributed by atoms with E-state index in [1.165, 1.54) is 6.08 Å². The molecule has 0 fully saturated rings. The molecule has 0 aliphatic carbocycles. The fourth-order valence-electron chi connectivity index (χ4n) is 2.79. The first-order valence-corrected chi connectivity index (χ1v) is 11.3. The smallest absolute Gasteiger partial charge is 0.251 e. The summed E-state index contributed by atoms with van der Waals surface area (Å²) in [6.45, 7) is 6.09. The van der Waals surface area contributed by atoms with Gasteiger partial charge in [0, 0.05) is 23.1 Å². The van der Waals surface area contributed by atoms with Gasteiger partial charge in [-0.3, -0.25) is 9.59 Å². The number of hydrogen-bond acceptors (Lipinski definition) is 5. The van der Waals surface area contributed by atoms with Gasteiger partial charge in [-0.15, -0.1) is 11.3 Å². The average Bonchev–Trinajstić information content (AvgIpc) is 3.17. The van der Waals surface area contributed by atoms with E-state index in [1.54, 1.807) is 35.6 Å². The highest BCUT2D eigenvalue weighted by Gasteiger charge is 2.11. The second-order valence-corrected chi connectivity index (χ2v) is 8.83. The molecule has 0 atom stereocenters. The van der Waals surface area contributed by atoms with Crippen LogP contribution in [-0.2, 0) is 11.4 Å².